The number of hydrogen-bond donors (Lipinski definition) is 3. The zero-order valence-corrected chi connectivity index (χ0v) is 25.7. The Bertz CT molecular complexity index is 1930. The predicted molar refractivity (Wildman–Crippen MR) is 174 cm³/mol. The molecule has 0 bridgehead atoms. The molecule has 45 heavy (non-hydrogen) atoms. The van der Waals surface area contributed by atoms with E-state index in [4.69, 9.17) is 0 Å². The number of pyridine rings is 1. The molecule has 1 amide bonds. The van der Waals surface area contributed by atoms with Crippen molar-refractivity contribution in [1.82, 2.24) is 19.7 Å². The number of rotatable bonds is 11. The molecule has 1 unspecified atom stereocenters. The molecule has 0 saturated carbocycles. The Balaban J connectivity index is 1.54. The van der Waals surface area contributed by atoms with Crippen molar-refractivity contribution < 1.29 is 14.8 Å². The number of nitrogens with one attached hydrogen (secondary N) is 2. The van der Waals surface area contributed by atoms with Crippen LogP contribution in [0.5, 0.6) is 0 Å². The molecule has 232 valence electrons. The van der Waals surface area contributed by atoms with Crippen LogP contribution in [0.15, 0.2) is 83.9 Å². The summed E-state index contributed by atoms with van der Waals surface area (Å²) >= 11 is 0. The number of carbonyl (C=O) groups is 1. The first kappa shape index (κ1) is 31.1. The molecule has 2 atom stereocenters. The van der Waals surface area contributed by atoms with Crippen molar-refractivity contribution in [2.24, 2.45) is 0 Å². The van der Waals surface area contributed by atoms with Gasteiger partial charge in [-0.2, -0.15) is 5.10 Å². The highest BCUT2D eigenvalue weighted by Gasteiger charge is 2.27. The average molecular weight is 609 g/mol. The number of benzene rings is 3. The molecule has 5 rings (SSSR count). The monoisotopic (exact) mass is 608 g/mol. The minimum Gasteiger partial charge on any atom is -0.396 e. The smallest absolute Gasteiger partial charge is 0.269 e. The molecule has 0 saturated heterocycles. The topological polar surface area (TPSA) is 146 Å². The van der Waals surface area contributed by atoms with E-state index in [1.165, 1.54) is 12.1 Å². The number of likely N-dealkylation sites (N-methyl/N-ethyl adjacent to an activating group) is 1. The summed E-state index contributed by atoms with van der Waals surface area (Å²) in [6.07, 6.45) is 3.27. The second kappa shape index (κ2) is 13.1. The highest BCUT2D eigenvalue weighted by atomic mass is 16.6. The predicted octanol–water partition coefficient (Wildman–Crippen LogP) is 5.54. The molecule has 3 N–H and O–H groups in total. The van der Waals surface area contributed by atoms with Crippen LogP contribution in [0, 0.1) is 17.0 Å². The second-order valence-corrected chi connectivity index (χ2v) is 11.2. The number of nitrogens with zero attached hydrogens (tertiary/aromatic N) is 4. The van der Waals surface area contributed by atoms with Gasteiger partial charge in [0.1, 0.15) is 6.04 Å². The lowest BCUT2D eigenvalue weighted by molar-refractivity contribution is -0.384. The number of nitro groups is 1. The molecule has 2 aromatic heterocycles. The SMILES string of the molecule is CCn1nccc1-c1ccc([N+](=O)[O-])cc1CN(C)C(=O)C(Nc1ccc2cc[nH]c(=O)c2c1)c1ccc([C@@H](C)CO)c(C)c1. The number of aromatic nitrogens is 3. The fourth-order valence-corrected chi connectivity index (χ4v) is 5.70. The summed E-state index contributed by atoms with van der Waals surface area (Å²) in [5.74, 6) is -0.347. The minimum absolute atomic E-state index is 0.00233. The molecule has 11 heteroatoms. The van der Waals surface area contributed by atoms with Crippen LogP contribution >= 0.6 is 0 Å². The summed E-state index contributed by atoms with van der Waals surface area (Å²) in [6, 6.07) is 18.5. The van der Waals surface area contributed by atoms with Crippen LogP contribution in [-0.4, -0.2) is 49.3 Å². The van der Waals surface area contributed by atoms with E-state index >= 15 is 0 Å². The third kappa shape index (κ3) is 6.48. The van der Waals surface area contributed by atoms with Crippen LogP contribution in [0.4, 0.5) is 11.4 Å². The second-order valence-electron chi connectivity index (χ2n) is 11.2. The van der Waals surface area contributed by atoms with Crippen molar-refractivity contribution in [3.63, 3.8) is 0 Å². The standard InChI is InChI=1S/C34H36N6O5/c1-5-39-31(13-15-36-39)29-11-9-27(40(44)45)17-25(29)19-38(4)34(43)32(24-7-10-28(21(2)16-24)22(3)20-41)37-26-8-6-23-12-14-35-33(42)30(23)18-26/h6-18,22,32,37,41H,5,19-20H2,1-4H3,(H,35,42)/t22-,32?/m0/s1. The molecular weight excluding hydrogens is 572 g/mol. The maximum atomic E-state index is 14.3. The normalized spacial score (nSPS) is 12.6. The lowest BCUT2D eigenvalue weighted by atomic mass is 9.93. The molecule has 11 nitrogen and oxygen atoms in total. The van der Waals surface area contributed by atoms with Gasteiger partial charge in [-0.3, -0.25) is 24.4 Å². The summed E-state index contributed by atoms with van der Waals surface area (Å²) in [7, 11) is 1.66. The van der Waals surface area contributed by atoms with E-state index in [9.17, 15) is 24.8 Å². The van der Waals surface area contributed by atoms with Gasteiger partial charge in [-0.25, -0.2) is 0 Å². The molecule has 0 fully saturated rings. The summed E-state index contributed by atoms with van der Waals surface area (Å²) in [4.78, 5) is 42.3. The number of nitro benzene ring substituents is 1. The van der Waals surface area contributed by atoms with Gasteiger partial charge < -0.3 is 20.3 Å². The van der Waals surface area contributed by atoms with Crippen molar-refractivity contribution >= 4 is 28.1 Å². The van der Waals surface area contributed by atoms with Crippen molar-refractivity contribution in [1.29, 1.82) is 0 Å². The first-order valence-electron chi connectivity index (χ1n) is 14.7. The van der Waals surface area contributed by atoms with Crippen molar-refractivity contribution in [3.05, 3.63) is 122 Å². The van der Waals surface area contributed by atoms with Gasteiger partial charge in [-0.15, -0.1) is 0 Å². The third-order valence-electron chi connectivity index (χ3n) is 8.14. The maximum absolute atomic E-state index is 14.3. The molecular formula is C34H36N6O5. The zero-order chi connectivity index (χ0) is 32.2. The Morgan fingerprint density at radius 2 is 1.93 bits per heavy atom. The number of aryl methyl sites for hydroxylation is 2. The summed E-state index contributed by atoms with van der Waals surface area (Å²) in [6.45, 7) is 6.54. The van der Waals surface area contributed by atoms with Gasteiger partial charge >= 0.3 is 0 Å². The molecule has 0 aliphatic heterocycles. The average Bonchev–Trinajstić information content (AvgIpc) is 3.52. The van der Waals surface area contributed by atoms with Gasteiger partial charge in [0.05, 0.1) is 10.6 Å². The van der Waals surface area contributed by atoms with E-state index in [-0.39, 0.29) is 36.2 Å². The summed E-state index contributed by atoms with van der Waals surface area (Å²) in [5.41, 5.74) is 5.03. The number of amides is 1. The van der Waals surface area contributed by atoms with Gasteiger partial charge in [0, 0.05) is 73.8 Å². The van der Waals surface area contributed by atoms with Crippen LogP contribution in [0.25, 0.3) is 22.0 Å². The number of anilines is 1. The summed E-state index contributed by atoms with van der Waals surface area (Å²) < 4.78 is 1.80. The largest absolute Gasteiger partial charge is 0.396 e. The van der Waals surface area contributed by atoms with Crippen LogP contribution in [0.1, 0.15) is 48.1 Å². The summed E-state index contributed by atoms with van der Waals surface area (Å²) in [5, 5.41) is 30.4. The van der Waals surface area contributed by atoms with Crippen molar-refractivity contribution in [2.75, 3.05) is 19.0 Å². The van der Waals surface area contributed by atoms with Crippen LogP contribution < -0.4 is 10.9 Å². The number of hydrogen-bond acceptors (Lipinski definition) is 7. The highest BCUT2D eigenvalue weighted by molar-refractivity contribution is 5.89. The Morgan fingerprint density at radius 3 is 2.64 bits per heavy atom. The lowest BCUT2D eigenvalue weighted by Gasteiger charge is -2.27. The first-order valence-corrected chi connectivity index (χ1v) is 14.7. The van der Waals surface area contributed by atoms with E-state index in [1.807, 2.05) is 63.2 Å². The molecule has 0 aliphatic carbocycles. The van der Waals surface area contributed by atoms with Gasteiger partial charge in [0.15, 0.2) is 0 Å². The lowest BCUT2D eigenvalue weighted by Crippen LogP contribution is -2.35. The third-order valence-corrected chi connectivity index (χ3v) is 8.14. The van der Waals surface area contributed by atoms with Gasteiger partial charge in [0.2, 0.25) is 5.91 Å². The van der Waals surface area contributed by atoms with Crippen LogP contribution in [-0.2, 0) is 17.9 Å². The Hall–Kier alpha value is -5.29. The zero-order valence-electron chi connectivity index (χ0n) is 25.7. The van der Waals surface area contributed by atoms with Gasteiger partial charge in [-0.05, 0) is 71.8 Å². The van der Waals surface area contributed by atoms with E-state index in [0.29, 0.717) is 28.7 Å². The molecule has 0 aliphatic rings. The number of aromatic amines is 1. The van der Waals surface area contributed by atoms with E-state index in [1.54, 1.807) is 41.2 Å². The van der Waals surface area contributed by atoms with E-state index < -0.39 is 11.0 Å². The van der Waals surface area contributed by atoms with Crippen LogP contribution in [0.2, 0.25) is 0 Å². The molecule has 2 heterocycles. The number of non-ortho nitro benzene ring substituents is 1. The fraction of sp³-hybridized carbons (Fsp3) is 0.265. The van der Waals surface area contributed by atoms with Crippen molar-refractivity contribution in [3.8, 4) is 11.3 Å². The van der Waals surface area contributed by atoms with E-state index in [2.05, 4.69) is 15.4 Å². The molecule has 0 spiro atoms. The van der Waals surface area contributed by atoms with E-state index in [0.717, 1.165) is 27.8 Å². The molecule has 5 aromatic rings. The minimum atomic E-state index is -0.851. The van der Waals surface area contributed by atoms with Crippen molar-refractivity contribution in [2.45, 2.75) is 45.8 Å². The Morgan fingerprint density at radius 1 is 1.13 bits per heavy atom. The Labute approximate surface area is 260 Å². The fourth-order valence-electron chi connectivity index (χ4n) is 5.70. The maximum Gasteiger partial charge on any atom is 0.269 e. The number of aliphatic hydroxyl groups excluding tert-OH is 1. The molecule has 3 aromatic carbocycles. The number of H-pyrrole nitrogens is 1. The Kier molecular flexibility index (Phi) is 9.10. The first-order chi connectivity index (χ1) is 21.6. The van der Waals surface area contributed by atoms with Crippen LogP contribution in [0.3, 0.4) is 0 Å². The number of fused-ring (bicyclic) bond motifs is 1. The quantitative estimate of drug-likeness (QED) is 0.132. The van der Waals surface area contributed by atoms with Gasteiger partial charge in [0.25, 0.3) is 11.2 Å². The number of aliphatic hydroxyl groups is 1. The molecule has 0 radical (unpaired) electrons. The van der Waals surface area contributed by atoms with Gasteiger partial charge in [-0.1, -0.05) is 31.2 Å². The number of carbonyl (C=O) groups excluding carboxylic acids is 1. The highest BCUT2D eigenvalue weighted by Crippen LogP contribution is 2.31.